The van der Waals surface area contributed by atoms with Gasteiger partial charge in [-0.05, 0) is 37.5 Å². The van der Waals surface area contributed by atoms with E-state index in [4.69, 9.17) is 0 Å². The lowest BCUT2D eigenvalue weighted by Gasteiger charge is -2.22. The first kappa shape index (κ1) is 13.2. The average Bonchev–Trinajstić information content (AvgIpc) is 2.35. The van der Waals surface area contributed by atoms with Crippen LogP contribution in [-0.4, -0.2) is 11.0 Å². The third kappa shape index (κ3) is 4.31. The fraction of sp³-hybridized carbons (Fsp3) is 0.643. The second-order valence-electron chi connectivity index (χ2n) is 4.42. The predicted molar refractivity (Wildman–Crippen MR) is 69.4 cm³/mol. The number of rotatable bonds is 7. The molecule has 0 fully saturated rings. The van der Waals surface area contributed by atoms with Crippen LogP contribution in [0.5, 0.6) is 0 Å². The Hall–Kier alpha value is -0.890. The predicted octanol–water partition coefficient (Wildman–Crippen LogP) is 3.70. The van der Waals surface area contributed by atoms with Crippen molar-refractivity contribution in [2.24, 2.45) is 0 Å². The number of hydrogen-bond donors (Lipinski definition) is 1. The van der Waals surface area contributed by atoms with Gasteiger partial charge < -0.3 is 5.32 Å². The van der Waals surface area contributed by atoms with Gasteiger partial charge in [0.05, 0.1) is 0 Å². The molecule has 0 aliphatic heterocycles. The van der Waals surface area contributed by atoms with Gasteiger partial charge >= 0.3 is 0 Å². The van der Waals surface area contributed by atoms with Crippen LogP contribution in [0, 0.1) is 0 Å². The van der Waals surface area contributed by atoms with Crippen LogP contribution >= 0.6 is 0 Å². The maximum absolute atomic E-state index is 4.05. The summed E-state index contributed by atoms with van der Waals surface area (Å²) in [6.07, 6.45) is 8.80. The van der Waals surface area contributed by atoms with Crippen LogP contribution in [0.1, 0.15) is 58.1 Å². The molecule has 0 radical (unpaired) electrons. The van der Waals surface area contributed by atoms with Gasteiger partial charge in [0.25, 0.3) is 0 Å². The molecule has 1 aromatic rings. The summed E-state index contributed by atoms with van der Waals surface area (Å²) in [6.45, 7) is 6.73. The lowest BCUT2D eigenvalue weighted by Crippen LogP contribution is -2.30. The van der Waals surface area contributed by atoms with Gasteiger partial charge in [0.1, 0.15) is 0 Å². The first-order valence-corrected chi connectivity index (χ1v) is 6.43. The molecule has 2 nitrogen and oxygen atoms in total. The average molecular weight is 220 g/mol. The van der Waals surface area contributed by atoms with Gasteiger partial charge in [-0.1, -0.05) is 26.7 Å². The van der Waals surface area contributed by atoms with E-state index >= 15 is 0 Å². The van der Waals surface area contributed by atoms with Crippen LogP contribution in [0.15, 0.2) is 24.5 Å². The van der Waals surface area contributed by atoms with Crippen molar-refractivity contribution >= 4 is 0 Å². The molecule has 0 aromatic carbocycles. The topological polar surface area (TPSA) is 24.9 Å². The van der Waals surface area contributed by atoms with E-state index in [-0.39, 0.29) is 0 Å². The highest BCUT2D eigenvalue weighted by Crippen LogP contribution is 2.14. The van der Waals surface area contributed by atoms with Crippen LogP contribution in [-0.2, 0) is 0 Å². The van der Waals surface area contributed by atoms with Crippen molar-refractivity contribution in [3.05, 3.63) is 30.1 Å². The van der Waals surface area contributed by atoms with Crippen molar-refractivity contribution in [2.75, 3.05) is 0 Å². The van der Waals surface area contributed by atoms with E-state index in [0.717, 1.165) is 0 Å². The molecular weight excluding hydrogens is 196 g/mol. The number of aromatic nitrogens is 1. The van der Waals surface area contributed by atoms with Crippen molar-refractivity contribution in [1.29, 1.82) is 0 Å². The van der Waals surface area contributed by atoms with E-state index in [2.05, 4.69) is 43.2 Å². The molecule has 1 aromatic heterocycles. The summed E-state index contributed by atoms with van der Waals surface area (Å²) in [5, 5.41) is 3.69. The molecule has 16 heavy (non-hydrogen) atoms. The Kier molecular flexibility index (Phi) is 6.09. The van der Waals surface area contributed by atoms with E-state index in [9.17, 15) is 0 Å². The van der Waals surface area contributed by atoms with E-state index in [0.29, 0.717) is 12.1 Å². The van der Waals surface area contributed by atoms with E-state index < -0.39 is 0 Å². The van der Waals surface area contributed by atoms with Gasteiger partial charge in [-0.15, -0.1) is 0 Å². The first-order chi connectivity index (χ1) is 7.77. The molecule has 1 rings (SSSR count). The van der Waals surface area contributed by atoms with E-state index in [1.165, 1.54) is 31.2 Å². The molecule has 2 atom stereocenters. The van der Waals surface area contributed by atoms with Crippen molar-refractivity contribution in [1.82, 2.24) is 10.3 Å². The summed E-state index contributed by atoms with van der Waals surface area (Å²) >= 11 is 0. The Labute approximate surface area is 99.5 Å². The van der Waals surface area contributed by atoms with Gasteiger partial charge in [0.15, 0.2) is 0 Å². The Morgan fingerprint density at radius 3 is 2.50 bits per heavy atom. The molecule has 0 saturated heterocycles. The van der Waals surface area contributed by atoms with Crippen molar-refractivity contribution in [3.63, 3.8) is 0 Å². The van der Waals surface area contributed by atoms with Crippen molar-refractivity contribution < 1.29 is 0 Å². The Balaban J connectivity index is 2.45. The molecule has 0 amide bonds. The second-order valence-corrected chi connectivity index (χ2v) is 4.42. The summed E-state index contributed by atoms with van der Waals surface area (Å²) in [5.74, 6) is 0. The molecule has 0 aliphatic rings. The van der Waals surface area contributed by atoms with Gasteiger partial charge in [-0.25, -0.2) is 0 Å². The molecule has 0 bridgehead atoms. The van der Waals surface area contributed by atoms with Crippen LogP contribution in [0.25, 0.3) is 0 Å². The third-order valence-corrected chi connectivity index (χ3v) is 3.09. The zero-order valence-electron chi connectivity index (χ0n) is 10.7. The largest absolute Gasteiger partial charge is 0.307 e. The summed E-state index contributed by atoms with van der Waals surface area (Å²) in [6, 6.07) is 5.24. The Morgan fingerprint density at radius 2 is 1.94 bits per heavy atom. The van der Waals surface area contributed by atoms with Crippen LogP contribution < -0.4 is 5.32 Å². The Bertz CT molecular complexity index is 271. The smallest absolute Gasteiger partial charge is 0.0295 e. The number of unbranched alkanes of at least 4 members (excludes halogenated alkanes) is 1. The number of hydrogen-bond acceptors (Lipinski definition) is 2. The third-order valence-electron chi connectivity index (χ3n) is 3.09. The zero-order valence-corrected chi connectivity index (χ0v) is 10.7. The summed E-state index contributed by atoms with van der Waals surface area (Å²) < 4.78 is 0. The van der Waals surface area contributed by atoms with E-state index in [1.807, 2.05) is 12.4 Å². The molecule has 2 heteroatoms. The lowest BCUT2D eigenvalue weighted by molar-refractivity contribution is 0.410. The summed E-state index contributed by atoms with van der Waals surface area (Å²) in [7, 11) is 0. The molecule has 1 heterocycles. The van der Waals surface area contributed by atoms with Gasteiger partial charge in [-0.3, -0.25) is 4.98 Å². The van der Waals surface area contributed by atoms with Gasteiger partial charge in [-0.2, -0.15) is 0 Å². The fourth-order valence-electron chi connectivity index (χ4n) is 1.96. The van der Waals surface area contributed by atoms with E-state index in [1.54, 1.807) is 0 Å². The minimum absolute atomic E-state index is 0.421. The minimum Gasteiger partial charge on any atom is -0.307 e. The number of nitrogens with zero attached hydrogens (tertiary/aromatic N) is 1. The maximum atomic E-state index is 4.05. The SMILES string of the molecule is CCCCC(CC)NC(C)c1ccncc1. The van der Waals surface area contributed by atoms with Gasteiger partial charge in [0, 0.05) is 24.5 Å². The highest BCUT2D eigenvalue weighted by atomic mass is 14.9. The van der Waals surface area contributed by atoms with Crippen LogP contribution in [0.4, 0.5) is 0 Å². The molecule has 0 spiro atoms. The molecule has 0 aliphatic carbocycles. The van der Waals surface area contributed by atoms with Crippen LogP contribution in [0.3, 0.4) is 0 Å². The van der Waals surface area contributed by atoms with Gasteiger partial charge in [0.2, 0.25) is 0 Å². The Morgan fingerprint density at radius 1 is 1.25 bits per heavy atom. The molecule has 90 valence electrons. The monoisotopic (exact) mass is 220 g/mol. The lowest BCUT2D eigenvalue weighted by atomic mass is 10.0. The van der Waals surface area contributed by atoms with Crippen molar-refractivity contribution in [2.45, 2.75) is 58.5 Å². The normalized spacial score (nSPS) is 14.7. The first-order valence-electron chi connectivity index (χ1n) is 6.43. The molecular formula is C14H24N2. The number of pyridine rings is 1. The second kappa shape index (κ2) is 7.39. The summed E-state index contributed by atoms with van der Waals surface area (Å²) in [5.41, 5.74) is 1.32. The standard InChI is InChI=1S/C14H24N2/c1-4-6-7-14(5-2)16-12(3)13-8-10-15-11-9-13/h8-12,14,16H,4-7H2,1-3H3. The highest BCUT2D eigenvalue weighted by molar-refractivity contribution is 5.14. The van der Waals surface area contributed by atoms with Crippen LogP contribution in [0.2, 0.25) is 0 Å². The highest BCUT2D eigenvalue weighted by Gasteiger charge is 2.10. The zero-order chi connectivity index (χ0) is 11.8. The molecule has 1 N–H and O–H groups in total. The van der Waals surface area contributed by atoms with Crippen molar-refractivity contribution in [3.8, 4) is 0 Å². The summed E-state index contributed by atoms with van der Waals surface area (Å²) in [4.78, 5) is 4.05. The molecule has 2 unspecified atom stereocenters. The number of nitrogens with one attached hydrogen (secondary N) is 1. The maximum Gasteiger partial charge on any atom is 0.0295 e. The quantitative estimate of drug-likeness (QED) is 0.758. The molecule has 0 saturated carbocycles. The minimum atomic E-state index is 0.421. The fourth-order valence-corrected chi connectivity index (χ4v) is 1.96.